The van der Waals surface area contributed by atoms with E-state index >= 15 is 0 Å². The molecular formula is C19H23F3N4OS. The molecule has 0 spiro atoms. The fourth-order valence-corrected chi connectivity index (χ4v) is 3.78. The number of hydrogen-bond donors (Lipinski definition) is 1. The number of guanidine groups is 1. The summed E-state index contributed by atoms with van der Waals surface area (Å²) in [5.74, 6) is 0.660. The molecule has 9 heteroatoms. The van der Waals surface area contributed by atoms with Crippen molar-refractivity contribution in [1.82, 2.24) is 15.2 Å². The Bertz CT molecular complexity index is 822. The van der Waals surface area contributed by atoms with Crippen molar-refractivity contribution in [3.05, 3.63) is 51.5 Å². The molecule has 152 valence electrons. The van der Waals surface area contributed by atoms with E-state index < -0.39 is 11.9 Å². The summed E-state index contributed by atoms with van der Waals surface area (Å²) in [5, 5.41) is 4.59. The first-order valence-corrected chi connectivity index (χ1v) is 9.98. The maximum atomic E-state index is 12.7. The molecule has 0 amide bonds. The second-order valence-corrected chi connectivity index (χ2v) is 7.40. The van der Waals surface area contributed by atoms with Crippen molar-refractivity contribution in [3.63, 3.8) is 0 Å². The van der Waals surface area contributed by atoms with E-state index in [-0.39, 0.29) is 12.6 Å². The van der Waals surface area contributed by atoms with Crippen molar-refractivity contribution in [2.45, 2.75) is 32.7 Å². The third kappa shape index (κ3) is 5.02. The monoisotopic (exact) mass is 412 g/mol. The third-order valence-electron chi connectivity index (χ3n) is 4.44. The van der Waals surface area contributed by atoms with Crippen LogP contribution in [0, 0.1) is 6.92 Å². The second-order valence-electron chi connectivity index (χ2n) is 6.46. The van der Waals surface area contributed by atoms with E-state index in [4.69, 9.17) is 4.74 Å². The molecule has 1 N–H and O–H groups in total. The molecule has 1 unspecified atom stereocenters. The van der Waals surface area contributed by atoms with Crippen molar-refractivity contribution in [2.24, 2.45) is 4.99 Å². The summed E-state index contributed by atoms with van der Waals surface area (Å²) in [4.78, 5) is 10.2. The number of ether oxygens (including phenoxy) is 1. The molecule has 28 heavy (non-hydrogen) atoms. The number of alkyl halides is 3. The quantitative estimate of drug-likeness (QED) is 0.609. The van der Waals surface area contributed by atoms with Gasteiger partial charge in [-0.15, -0.1) is 11.3 Å². The predicted octanol–water partition coefficient (Wildman–Crippen LogP) is 4.01. The Morgan fingerprint density at radius 3 is 2.86 bits per heavy atom. The van der Waals surface area contributed by atoms with Crippen LogP contribution in [0.1, 0.15) is 34.9 Å². The highest BCUT2D eigenvalue weighted by Gasteiger charge is 2.33. The zero-order valence-electron chi connectivity index (χ0n) is 15.8. The zero-order chi connectivity index (χ0) is 20.1. The van der Waals surface area contributed by atoms with Gasteiger partial charge in [-0.2, -0.15) is 13.2 Å². The first-order chi connectivity index (χ1) is 13.4. The Morgan fingerprint density at radius 2 is 2.18 bits per heavy atom. The van der Waals surface area contributed by atoms with Crippen molar-refractivity contribution in [3.8, 4) is 0 Å². The molecule has 5 nitrogen and oxygen atoms in total. The van der Waals surface area contributed by atoms with Crippen LogP contribution in [-0.4, -0.2) is 42.1 Å². The Hall–Kier alpha value is -2.13. The minimum Gasteiger partial charge on any atom is -0.370 e. The van der Waals surface area contributed by atoms with E-state index in [9.17, 15) is 13.2 Å². The van der Waals surface area contributed by atoms with E-state index in [1.54, 1.807) is 0 Å². The van der Waals surface area contributed by atoms with Crippen LogP contribution in [0.15, 0.2) is 34.6 Å². The van der Waals surface area contributed by atoms with E-state index in [2.05, 4.69) is 39.2 Å². The average Bonchev–Trinajstić information content (AvgIpc) is 3.15. The standard InChI is InChI=1S/C19H23F3N4OS/c1-3-23-18(24-10-17-25-16(12-28-17)19(20,21)22)26-8-9-27-15(11-26)14-7-5-4-6-13(14)2/h4-7,12,15H,3,8-11H2,1-2H3,(H,23,24). The summed E-state index contributed by atoms with van der Waals surface area (Å²) < 4.78 is 44.1. The van der Waals surface area contributed by atoms with Crippen LogP contribution in [0.3, 0.4) is 0 Å². The van der Waals surface area contributed by atoms with Gasteiger partial charge < -0.3 is 15.0 Å². The summed E-state index contributed by atoms with van der Waals surface area (Å²) in [7, 11) is 0. The highest BCUT2D eigenvalue weighted by Crippen LogP contribution is 2.30. The number of thiazole rings is 1. The van der Waals surface area contributed by atoms with Crippen LogP contribution < -0.4 is 5.32 Å². The Morgan fingerprint density at radius 1 is 1.39 bits per heavy atom. The molecule has 2 aromatic rings. The Kier molecular flexibility index (Phi) is 6.56. The number of hydrogen-bond acceptors (Lipinski definition) is 4. The van der Waals surface area contributed by atoms with Crippen LogP contribution >= 0.6 is 11.3 Å². The summed E-state index contributed by atoms with van der Waals surface area (Å²) in [6.45, 7) is 6.63. The molecule has 0 aliphatic carbocycles. The molecule has 0 bridgehead atoms. The van der Waals surface area contributed by atoms with Gasteiger partial charge in [-0.1, -0.05) is 24.3 Å². The number of aliphatic imine (C=N–C) groups is 1. The Balaban J connectivity index is 1.73. The Labute approximate surface area is 166 Å². The SMILES string of the molecule is CCNC(=NCc1nc(C(F)(F)F)cs1)N1CCOC(c2ccccc2C)C1. The summed E-state index contributed by atoms with van der Waals surface area (Å²) in [6, 6.07) is 8.10. The number of morpholine rings is 1. The molecule has 1 aliphatic heterocycles. The molecule has 3 rings (SSSR count). The lowest BCUT2D eigenvalue weighted by Crippen LogP contribution is -2.48. The van der Waals surface area contributed by atoms with Crippen LogP contribution in [0.5, 0.6) is 0 Å². The lowest BCUT2D eigenvalue weighted by molar-refractivity contribution is -0.140. The summed E-state index contributed by atoms with van der Waals surface area (Å²) >= 11 is 0.973. The van der Waals surface area contributed by atoms with Crippen molar-refractivity contribution < 1.29 is 17.9 Å². The molecule has 1 aliphatic rings. The zero-order valence-corrected chi connectivity index (χ0v) is 16.6. The average molecular weight is 412 g/mol. The number of aryl methyl sites for hydroxylation is 1. The highest BCUT2D eigenvalue weighted by molar-refractivity contribution is 7.09. The molecule has 0 saturated carbocycles. The number of aromatic nitrogens is 1. The molecule has 0 radical (unpaired) electrons. The van der Waals surface area contributed by atoms with Gasteiger partial charge in [-0.3, -0.25) is 0 Å². The largest absolute Gasteiger partial charge is 0.434 e. The van der Waals surface area contributed by atoms with Crippen molar-refractivity contribution in [1.29, 1.82) is 0 Å². The highest BCUT2D eigenvalue weighted by atomic mass is 32.1. The minimum atomic E-state index is -4.42. The van der Waals surface area contributed by atoms with Crippen molar-refractivity contribution in [2.75, 3.05) is 26.2 Å². The number of benzene rings is 1. The molecule has 1 aromatic heterocycles. The lowest BCUT2D eigenvalue weighted by atomic mass is 10.0. The first kappa shape index (κ1) is 20.6. The number of nitrogens with zero attached hydrogens (tertiary/aromatic N) is 3. The van der Waals surface area contributed by atoms with Gasteiger partial charge in [0.1, 0.15) is 11.1 Å². The molecule has 1 fully saturated rings. The summed E-state index contributed by atoms with van der Waals surface area (Å²) in [6.07, 6.45) is -4.50. The second kappa shape index (κ2) is 8.91. The molecule has 2 heterocycles. The topological polar surface area (TPSA) is 49.8 Å². The fourth-order valence-electron chi connectivity index (χ4n) is 3.06. The molecule has 1 saturated heterocycles. The van der Waals surface area contributed by atoms with Gasteiger partial charge in [-0.25, -0.2) is 9.98 Å². The van der Waals surface area contributed by atoms with Gasteiger partial charge in [0, 0.05) is 18.5 Å². The van der Waals surface area contributed by atoms with Gasteiger partial charge in [0.25, 0.3) is 0 Å². The van der Waals surface area contributed by atoms with Crippen LogP contribution in [0.4, 0.5) is 13.2 Å². The van der Waals surface area contributed by atoms with Gasteiger partial charge in [0.2, 0.25) is 0 Å². The molecular weight excluding hydrogens is 389 g/mol. The fraction of sp³-hybridized carbons (Fsp3) is 0.474. The van der Waals surface area contributed by atoms with Gasteiger partial charge in [0.15, 0.2) is 11.7 Å². The smallest absolute Gasteiger partial charge is 0.370 e. The van der Waals surface area contributed by atoms with E-state index in [1.165, 1.54) is 5.56 Å². The maximum Gasteiger partial charge on any atom is 0.434 e. The minimum absolute atomic E-state index is 0.0736. The number of halogens is 3. The van der Waals surface area contributed by atoms with E-state index in [0.29, 0.717) is 37.2 Å². The number of rotatable bonds is 4. The van der Waals surface area contributed by atoms with Crippen LogP contribution in [0.2, 0.25) is 0 Å². The van der Waals surface area contributed by atoms with E-state index in [0.717, 1.165) is 22.3 Å². The maximum absolute atomic E-state index is 12.7. The van der Waals surface area contributed by atoms with Gasteiger partial charge >= 0.3 is 6.18 Å². The molecule has 1 aromatic carbocycles. The van der Waals surface area contributed by atoms with Gasteiger partial charge in [-0.05, 0) is 25.0 Å². The summed E-state index contributed by atoms with van der Waals surface area (Å²) in [5.41, 5.74) is 1.44. The van der Waals surface area contributed by atoms with Crippen molar-refractivity contribution >= 4 is 17.3 Å². The first-order valence-electron chi connectivity index (χ1n) is 9.10. The van der Waals surface area contributed by atoms with Crippen LogP contribution in [0.25, 0.3) is 0 Å². The predicted molar refractivity (Wildman–Crippen MR) is 103 cm³/mol. The number of nitrogens with one attached hydrogen (secondary N) is 1. The molecule has 1 atom stereocenters. The normalized spacial score (nSPS) is 18.4. The van der Waals surface area contributed by atoms with Crippen LogP contribution in [-0.2, 0) is 17.5 Å². The lowest BCUT2D eigenvalue weighted by Gasteiger charge is -2.35. The van der Waals surface area contributed by atoms with E-state index in [1.807, 2.05) is 19.1 Å². The van der Waals surface area contributed by atoms with Gasteiger partial charge in [0.05, 0.1) is 19.7 Å². The third-order valence-corrected chi connectivity index (χ3v) is 5.28.